The number of anilines is 2. The lowest BCUT2D eigenvalue weighted by atomic mass is 10.1. The molecule has 5 heteroatoms. The van der Waals surface area contributed by atoms with Gasteiger partial charge in [0.15, 0.2) is 0 Å². The minimum atomic E-state index is -0.404. The van der Waals surface area contributed by atoms with Gasteiger partial charge in [0, 0.05) is 26.1 Å². The second-order valence-electron chi connectivity index (χ2n) is 4.99. The van der Waals surface area contributed by atoms with Gasteiger partial charge in [0.1, 0.15) is 0 Å². The number of carbonyl (C=O) groups is 2. The molecular weight excluding hydrogens is 268 g/mol. The molecule has 1 amide bonds. The first-order chi connectivity index (χ1) is 10.1. The van der Waals surface area contributed by atoms with Gasteiger partial charge in [-0.05, 0) is 32.4 Å². The Morgan fingerprint density at radius 3 is 2.57 bits per heavy atom. The van der Waals surface area contributed by atoms with Crippen molar-refractivity contribution in [3.8, 4) is 0 Å². The van der Waals surface area contributed by atoms with Crippen LogP contribution in [0, 0.1) is 0 Å². The van der Waals surface area contributed by atoms with Crippen LogP contribution in [0.25, 0.3) is 0 Å². The van der Waals surface area contributed by atoms with Gasteiger partial charge >= 0.3 is 5.97 Å². The predicted octanol–water partition coefficient (Wildman–Crippen LogP) is 2.45. The second-order valence-corrected chi connectivity index (χ2v) is 4.99. The molecule has 0 radical (unpaired) electrons. The van der Waals surface area contributed by atoms with E-state index in [1.54, 1.807) is 11.0 Å². The molecule has 2 rings (SSSR count). The zero-order valence-corrected chi connectivity index (χ0v) is 12.9. The Balaban J connectivity index is 2.59. The van der Waals surface area contributed by atoms with E-state index >= 15 is 0 Å². The number of hydrogen-bond donors (Lipinski definition) is 0. The van der Waals surface area contributed by atoms with Crippen LogP contribution in [0.2, 0.25) is 0 Å². The molecule has 0 unspecified atom stereocenters. The normalized spacial score (nSPS) is 14.4. The first kappa shape index (κ1) is 15.4. The Bertz CT molecular complexity index is 538. The lowest BCUT2D eigenvalue weighted by Gasteiger charge is -2.29. The Hall–Kier alpha value is -2.04. The van der Waals surface area contributed by atoms with E-state index < -0.39 is 5.97 Å². The van der Waals surface area contributed by atoms with E-state index in [0.717, 1.165) is 25.2 Å². The Kier molecular flexibility index (Phi) is 4.83. The first-order valence-electron chi connectivity index (χ1n) is 7.40. The van der Waals surface area contributed by atoms with Gasteiger partial charge in [-0.1, -0.05) is 6.07 Å². The molecule has 1 aliphatic rings. The molecular formula is C16H22N2O3. The van der Waals surface area contributed by atoms with Crippen molar-refractivity contribution in [3.05, 3.63) is 23.8 Å². The van der Waals surface area contributed by atoms with E-state index in [9.17, 15) is 9.59 Å². The standard InChI is InChI=1S/C16H22N2O3/c1-4-17(5-2)13-9-6-8-12(16(20)21-3)15(13)18-11-7-10-14(18)19/h6,8-9H,4-5,7,10-11H2,1-3H3. The minimum Gasteiger partial charge on any atom is -0.465 e. The summed E-state index contributed by atoms with van der Waals surface area (Å²) in [7, 11) is 1.36. The number of amides is 1. The summed E-state index contributed by atoms with van der Waals surface area (Å²) in [5.41, 5.74) is 2.06. The third-order valence-corrected chi connectivity index (χ3v) is 3.87. The average molecular weight is 290 g/mol. The van der Waals surface area contributed by atoms with E-state index in [2.05, 4.69) is 18.7 Å². The molecule has 0 atom stereocenters. The fourth-order valence-electron chi connectivity index (χ4n) is 2.79. The maximum atomic E-state index is 12.1. The predicted molar refractivity (Wildman–Crippen MR) is 82.9 cm³/mol. The Morgan fingerprint density at radius 2 is 2.05 bits per heavy atom. The molecule has 1 aromatic carbocycles. The van der Waals surface area contributed by atoms with Crippen molar-refractivity contribution in [2.75, 3.05) is 36.5 Å². The molecule has 1 fully saturated rings. The molecule has 0 N–H and O–H groups in total. The highest BCUT2D eigenvalue weighted by Gasteiger charge is 2.29. The monoisotopic (exact) mass is 290 g/mol. The molecule has 1 saturated heterocycles. The summed E-state index contributed by atoms with van der Waals surface area (Å²) >= 11 is 0. The lowest BCUT2D eigenvalue weighted by molar-refractivity contribution is -0.117. The maximum Gasteiger partial charge on any atom is 0.340 e. The number of esters is 1. The molecule has 114 valence electrons. The highest BCUT2D eigenvalue weighted by Crippen LogP contribution is 2.36. The zero-order valence-electron chi connectivity index (χ0n) is 12.9. The summed E-state index contributed by atoms with van der Waals surface area (Å²) in [6.45, 7) is 6.40. The molecule has 21 heavy (non-hydrogen) atoms. The smallest absolute Gasteiger partial charge is 0.340 e. The van der Waals surface area contributed by atoms with E-state index in [-0.39, 0.29) is 5.91 Å². The van der Waals surface area contributed by atoms with Crippen molar-refractivity contribution in [1.29, 1.82) is 0 Å². The third kappa shape index (κ3) is 2.86. The third-order valence-electron chi connectivity index (χ3n) is 3.87. The summed E-state index contributed by atoms with van der Waals surface area (Å²) in [5.74, 6) is -0.335. The van der Waals surface area contributed by atoms with Gasteiger partial charge in [-0.25, -0.2) is 4.79 Å². The van der Waals surface area contributed by atoms with Crippen molar-refractivity contribution in [3.63, 3.8) is 0 Å². The van der Waals surface area contributed by atoms with Crippen molar-refractivity contribution in [2.24, 2.45) is 0 Å². The van der Waals surface area contributed by atoms with Crippen LogP contribution in [0.1, 0.15) is 37.0 Å². The molecule has 1 heterocycles. The fraction of sp³-hybridized carbons (Fsp3) is 0.500. The number of nitrogens with zero attached hydrogens (tertiary/aromatic N) is 2. The number of methoxy groups -OCH3 is 1. The average Bonchev–Trinajstić information content (AvgIpc) is 2.93. The molecule has 1 aliphatic heterocycles. The van der Waals surface area contributed by atoms with Crippen LogP contribution < -0.4 is 9.80 Å². The van der Waals surface area contributed by atoms with Crippen LogP contribution >= 0.6 is 0 Å². The van der Waals surface area contributed by atoms with Crippen LogP contribution in [-0.4, -0.2) is 38.6 Å². The van der Waals surface area contributed by atoms with Crippen LogP contribution in [0.5, 0.6) is 0 Å². The summed E-state index contributed by atoms with van der Waals surface area (Å²) < 4.78 is 4.88. The van der Waals surface area contributed by atoms with Crippen molar-refractivity contribution >= 4 is 23.3 Å². The lowest BCUT2D eigenvalue weighted by Crippen LogP contribution is -2.31. The molecule has 0 saturated carbocycles. The first-order valence-corrected chi connectivity index (χ1v) is 7.40. The molecule has 0 aromatic heterocycles. The molecule has 1 aromatic rings. The van der Waals surface area contributed by atoms with Gasteiger partial charge in [-0.3, -0.25) is 4.79 Å². The van der Waals surface area contributed by atoms with Gasteiger partial charge in [0.25, 0.3) is 0 Å². The number of para-hydroxylation sites is 1. The van der Waals surface area contributed by atoms with Crippen LogP contribution in [-0.2, 0) is 9.53 Å². The number of benzene rings is 1. The van der Waals surface area contributed by atoms with Crippen molar-refractivity contribution in [1.82, 2.24) is 0 Å². The highest BCUT2D eigenvalue weighted by molar-refractivity contribution is 6.07. The number of hydrogen-bond acceptors (Lipinski definition) is 4. The van der Waals surface area contributed by atoms with Crippen molar-refractivity contribution in [2.45, 2.75) is 26.7 Å². The molecule has 0 bridgehead atoms. The summed E-state index contributed by atoms with van der Waals surface area (Å²) in [6.07, 6.45) is 1.36. The molecule has 0 spiro atoms. The highest BCUT2D eigenvalue weighted by atomic mass is 16.5. The van der Waals surface area contributed by atoms with E-state index in [4.69, 9.17) is 4.74 Å². The van der Waals surface area contributed by atoms with Crippen LogP contribution in [0.15, 0.2) is 18.2 Å². The largest absolute Gasteiger partial charge is 0.465 e. The maximum absolute atomic E-state index is 12.1. The summed E-state index contributed by atoms with van der Waals surface area (Å²) in [4.78, 5) is 28.1. The Labute approximate surface area is 125 Å². The topological polar surface area (TPSA) is 49.9 Å². The molecule has 5 nitrogen and oxygen atoms in total. The number of ether oxygens (including phenoxy) is 1. The quantitative estimate of drug-likeness (QED) is 0.782. The summed E-state index contributed by atoms with van der Waals surface area (Å²) in [5, 5.41) is 0. The number of carbonyl (C=O) groups excluding carboxylic acids is 2. The van der Waals surface area contributed by atoms with E-state index in [1.807, 2.05) is 12.1 Å². The summed E-state index contributed by atoms with van der Waals surface area (Å²) in [6, 6.07) is 5.52. The second kappa shape index (κ2) is 6.61. The van der Waals surface area contributed by atoms with Crippen molar-refractivity contribution < 1.29 is 14.3 Å². The van der Waals surface area contributed by atoms with E-state index in [0.29, 0.717) is 24.2 Å². The number of rotatable bonds is 5. The van der Waals surface area contributed by atoms with Gasteiger partial charge < -0.3 is 14.5 Å². The van der Waals surface area contributed by atoms with Gasteiger partial charge in [0.05, 0.1) is 24.0 Å². The SMILES string of the molecule is CCN(CC)c1cccc(C(=O)OC)c1N1CCCC1=O. The molecule has 0 aliphatic carbocycles. The fourth-order valence-corrected chi connectivity index (χ4v) is 2.79. The van der Waals surface area contributed by atoms with Crippen LogP contribution in [0.4, 0.5) is 11.4 Å². The van der Waals surface area contributed by atoms with Crippen LogP contribution in [0.3, 0.4) is 0 Å². The van der Waals surface area contributed by atoms with E-state index in [1.165, 1.54) is 7.11 Å². The van der Waals surface area contributed by atoms with Gasteiger partial charge in [-0.15, -0.1) is 0 Å². The van der Waals surface area contributed by atoms with Gasteiger partial charge in [0.2, 0.25) is 5.91 Å². The zero-order chi connectivity index (χ0) is 15.4. The minimum absolute atomic E-state index is 0.0692. The Morgan fingerprint density at radius 1 is 1.33 bits per heavy atom. The van der Waals surface area contributed by atoms with Gasteiger partial charge in [-0.2, -0.15) is 0 Å².